The van der Waals surface area contributed by atoms with E-state index in [1.165, 1.54) is 4.90 Å². The highest BCUT2D eigenvalue weighted by atomic mass is 16.2. The molecule has 0 aromatic heterocycles. The van der Waals surface area contributed by atoms with Gasteiger partial charge < -0.3 is 4.90 Å². The van der Waals surface area contributed by atoms with Gasteiger partial charge in [-0.2, -0.15) is 10.5 Å². The van der Waals surface area contributed by atoms with E-state index in [4.69, 9.17) is 5.26 Å². The second-order valence-electron chi connectivity index (χ2n) is 5.28. The zero-order valence-corrected chi connectivity index (χ0v) is 13.4. The van der Waals surface area contributed by atoms with Crippen molar-refractivity contribution in [1.82, 2.24) is 0 Å². The maximum absolute atomic E-state index is 12.8. The van der Waals surface area contributed by atoms with Gasteiger partial charge in [-0.25, -0.2) is 0 Å². The fourth-order valence-corrected chi connectivity index (χ4v) is 2.23. The normalized spacial score (nSPS) is 10.5. The number of carbonyl (C=O) groups excluding carboxylic acids is 1. The van der Waals surface area contributed by atoms with Crippen molar-refractivity contribution in [3.8, 4) is 12.1 Å². The molecule has 0 radical (unpaired) electrons. The molecule has 4 heteroatoms. The van der Waals surface area contributed by atoms with Gasteiger partial charge in [0.2, 0.25) is 0 Å². The molecule has 118 valence electrons. The molecule has 0 saturated heterocycles. The lowest BCUT2D eigenvalue weighted by molar-refractivity contribution is -0.114. The lowest BCUT2D eigenvalue weighted by Crippen LogP contribution is -2.32. The molecule has 4 nitrogen and oxygen atoms in total. The molecule has 2 rings (SSSR count). The van der Waals surface area contributed by atoms with E-state index in [2.05, 4.69) is 0 Å². The number of hydrogen-bond acceptors (Lipinski definition) is 3. The van der Waals surface area contributed by atoms with Crippen LogP contribution < -0.4 is 4.90 Å². The molecule has 24 heavy (non-hydrogen) atoms. The number of carbonyl (C=O) groups is 1. The van der Waals surface area contributed by atoms with Crippen LogP contribution in [0.4, 0.5) is 5.69 Å². The lowest BCUT2D eigenvalue weighted by atomic mass is 10.1. The maximum Gasteiger partial charge on any atom is 0.268 e. The highest BCUT2D eigenvalue weighted by Gasteiger charge is 2.19. The summed E-state index contributed by atoms with van der Waals surface area (Å²) in [5.41, 5.74) is 2.61. The number of rotatable bonds is 5. The Morgan fingerprint density at radius 3 is 2.33 bits per heavy atom. The first-order valence-corrected chi connectivity index (χ1v) is 7.58. The van der Waals surface area contributed by atoms with Crippen molar-refractivity contribution in [2.75, 3.05) is 11.4 Å². The van der Waals surface area contributed by atoms with Crippen molar-refractivity contribution < 1.29 is 4.79 Å². The zero-order valence-electron chi connectivity index (χ0n) is 13.4. The molecular weight excluding hydrogens is 298 g/mol. The van der Waals surface area contributed by atoms with Crippen LogP contribution in [-0.2, 0) is 4.79 Å². The standard InChI is InChI=1S/C20H17N3O/c1-16-8-10-17(11-9-16)14-18(15-22)20(24)23(13-5-12-21)19-6-3-2-4-7-19/h2-4,6-11,14H,5,13H2,1H3. The number of nitriles is 2. The molecule has 0 saturated carbocycles. The smallest absolute Gasteiger partial charge is 0.268 e. The molecule has 0 atom stereocenters. The van der Waals surface area contributed by atoms with E-state index in [1.54, 1.807) is 18.2 Å². The molecule has 0 aliphatic rings. The summed E-state index contributed by atoms with van der Waals surface area (Å²) in [6, 6.07) is 20.7. The fraction of sp³-hybridized carbons (Fsp3) is 0.150. The first-order chi connectivity index (χ1) is 11.7. The third kappa shape index (κ3) is 4.32. The van der Waals surface area contributed by atoms with Crippen LogP contribution in [0.3, 0.4) is 0 Å². The second-order valence-corrected chi connectivity index (χ2v) is 5.28. The fourth-order valence-electron chi connectivity index (χ4n) is 2.23. The number of nitrogens with zero attached hydrogens (tertiary/aromatic N) is 3. The molecule has 0 spiro atoms. The lowest BCUT2D eigenvalue weighted by Gasteiger charge is -2.21. The molecular formula is C20H17N3O. The minimum Gasteiger partial charge on any atom is -0.307 e. The van der Waals surface area contributed by atoms with Gasteiger partial charge in [-0.15, -0.1) is 0 Å². The van der Waals surface area contributed by atoms with E-state index in [9.17, 15) is 10.1 Å². The summed E-state index contributed by atoms with van der Waals surface area (Å²) in [6.07, 6.45) is 1.77. The van der Waals surface area contributed by atoms with E-state index in [0.29, 0.717) is 5.69 Å². The largest absolute Gasteiger partial charge is 0.307 e. The van der Waals surface area contributed by atoms with E-state index < -0.39 is 5.91 Å². The predicted molar refractivity (Wildman–Crippen MR) is 93.8 cm³/mol. The van der Waals surface area contributed by atoms with Gasteiger partial charge in [0.05, 0.1) is 12.5 Å². The van der Waals surface area contributed by atoms with Crippen molar-refractivity contribution in [2.24, 2.45) is 0 Å². The first-order valence-electron chi connectivity index (χ1n) is 7.58. The SMILES string of the molecule is Cc1ccc(C=C(C#N)C(=O)N(CCC#N)c2ccccc2)cc1. The van der Waals surface area contributed by atoms with Gasteiger partial charge in [-0.05, 0) is 30.7 Å². The van der Waals surface area contributed by atoms with E-state index in [-0.39, 0.29) is 18.5 Å². The summed E-state index contributed by atoms with van der Waals surface area (Å²) in [5, 5.41) is 18.2. The summed E-state index contributed by atoms with van der Waals surface area (Å²) in [5.74, 6) is -0.403. The van der Waals surface area contributed by atoms with Crippen LogP contribution in [0.15, 0.2) is 60.2 Å². The quantitative estimate of drug-likeness (QED) is 0.621. The van der Waals surface area contributed by atoms with Gasteiger partial charge in [-0.1, -0.05) is 48.0 Å². The van der Waals surface area contributed by atoms with Gasteiger partial charge in [0.25, 0.3) is 5.91 Å². The van der Waals surface area contributed by atoms with Crippen LogP contribution >= 0.6 is 0 Å². The Labute approximate surface area is 141 Å². The van der Waals surface area contributed by atoms with E-state index in [1.807, 2.05) is 61.5 Å². The summed E-state index contributed by atoms with van der Waals surface area (Å²) in [7, 11) is 0. The Bertz CT molecular complexity index is 809. The summed E-state index contributed by atoms with van der Waals surface area (Å²) in [4.78, 5) is 14.2. The van der Waals surface area contributed by atoms with Gasteiger partial charge in [-0.3, -0.25) is 4.79 Å². The second kappa shape index (κ2) is 8.31. The molecule has 0 fully saturated rings. The van der Waals surface area contributed by atoms with Crippen molar-refractivity contribution >= 4 is 17.7 Å². The van der Waals surface area contributed by atoms with Crippen LogP contribution in [-0.4, -0.2) is 12.5 Å². The van der Waals surface area contributed by atoms with Crippen molar-refractivity contribution in [2.45, 2.75) is 13.3 Å². The number of amides is 1. The Balaban J connectivity index is 2.34. The molecule has 2 aromatic rings. The average molecular weight is 315 g/mol. The van der Waals surface area contributed by atoms with Crippen molar-refractivity contribution in [3.05, 3.63) is 71.3 Å². The van der Waals surface area contributed by atoms with Crippen LogP contribution in [0.25, 0.3) is 6.08 Å². The van der Waals surface area contributed by atoms with Gasteiger partial charge in [0.15, 0.2) is 0 Å². The summed E-state index contributed by atoms with van der Waals surface area (Å²) < 4.78 is 0. The number of aryl methyl sites for hydroxylation is 1. The van der Waals surface area contributed by atoms with Crippen LogP contribution in [0.2, 0.25) is 0 Å². The monoisotopic (exact) mass is 315 g/mol. The topological polar surface area (TPSA) is 67.9 Å². The maximum atomic E-state index is 12.8. The van der Waals surface area contributed by atoms with Gasteiger partial charge in [0, 0.05) is 12.2 Å². The van der Waals surface area contributed by atoms with Crippen molar-refractivity contribution in [3.63, 3.8) is 0 Å². The average Bonchev–Trinajstić information content (AvgIpc) is 2.62. The molecule has 0 bridgehead atoms. The summed E-state index contributed by atoms with van der Waals surface area (Å²) in [6.45, 7) is 2.22. The van der Waals surface area contributed by atoms with Gasteiger partial charge >= 0.3 is 0 Å². The van der Waals surface area contributed by atoms with E-state index in [0.717, 1.165) is 11.1 Å². The van der Waals surface area contributed by atoms with Crippen LogP contribution in [0, 0.1) is 29.6 Å². The number of hydrogen-bond donors (Lipinski definition) is 0. The molecule has 0 heterocycles. The third-order valence-electron chi connectivity index (χ3n) is 3.50. The molecule has 2 aromatic carbocycles. The molecule has 0 aliphatic heterocycles. The highest BCUT2D eigenvalue weighted by Crippen LogP contribution is 2.18. The predicted octanol–water partition coefficient (Wildman–Crippen LogP) is 3.85. The van der Waals surface area contributed by atoms with Crippen LogP contribution in [0.1, 0.15) is 17.5 Å². The molecule has 0 aliphatic carbocycles. The van der Waals surface area contributed by atoms with E-state index >= 15 is 0 Å². The van der Waals surface area contributed by atoms with Crippen LogP contribution in [0.5, 0.6) is 0 Å². The third-order valence-corrected chi connectivity index (χ3v) is 3.50. The Morgan fingerprint density at radius 2 is 1.75 bits per heavy atom. The zero-order chi connectivity index (χ0) is 17.4. The van der Waals surface area contributed by atoms with Crippen molar-refractivity contribution in [1.29, 1.82) is 10.5 Å². The molecule has 0 unspecified atom stereocenters. The number of anilines is 1. The highest BCUT2D eigenvalue weighted by molar-refractivity contribution is 6.11. The number of para-hydroxylation sites is 1. The minimum absolute atomic E-state index is 0.0423. The van der Waals surface area contributed by atoms with Gasteiger partial charge in [0.1, 0.15) is 11.6 Å². The Kier molecular flexibility index (Phi) is 5.88. The first kappa shape index (κ1) is 17.0. The Morgan fingerprint density at radius 1 is 1.08 bits per heavy atom. The molecule has 1 amide bonds. The minimum atomic E-state index is -0.403. The Hall–Kier alpha value is -3.37. The molecule has 0 N–H and O–H groups in total. The number of benzene rings is 2. The summed E-state index contributed by atoms with van der Waals surface area (Å²) >= 11 is 0.